The highest BCUT2D eigenvalue weighted by molar-refractivity contribution is 9.10. The highest BCUT2D eigenvalue weighted by Crippen LogP contribution is 2.38. The van der Waals surface area contributed by atoms with E-state index in [1.54, 1.807) is 26.4 Å². The van der Waals surface area contributed by atoms with Crippen molar-refractivity contribution in [3.63, 3.8) is 0 Å². The lowest BCUT2D eigenvalue weighted by Gasteiger charge is -2.21. The van der Waals surface area contributed by atoms with Gasteiger partial charge in [0.15, 0.2) is 23.0 Å². The van der Waals surface area contributed by atoms with Gasteiger partial charge in [-0.05, 0) is 69.0 Å². The normalized spacial score (nSPS) is 12.9. The van der Waals surface area contributed by atoms with Gasteiger partial charge in [-0.1, -0.05) is 18.2 Å². The summed E-state index contributed by atoms with van der Waals surface area (Å²) < 4.78 is 28.6. The van der Waals surface area contributed by atoms with E-state index in [1.807, 2.05) is 42.5 Å². The average molecular weight is 567 g/mol. The summed E-state index contributed by atoms with van der Waals surface area (Å²) in [5.41, 5.74) is 2.90. The van der Waals surface area contributed by atoms with Crippen LogP contribution in [0.2, 0.25) is 0 Å². The molecule has 0 saturated carbocycles. The van der Waals surface area contributed by atoms with Gasteiger partial charge in [0.1, 0.15) is 31.7 Å². The topological polar surface area (TPSA) is 78.4 Å². The summed E-state index contributed by atoms with van der Waals surface area (Å²) in [4.78, 5) is 0. The van der Waals surface area contributed by atoms with Gasteiger partial charge in [-0.15, -0.1) is 12.4 Å². The van der Waals surface area contributed by atoms with Crippen molar-refractivity contribution in [2.45, 2.75) is 19.2 Å². The predicted molar refractivity (Wildman–Crippen MR) is 139 cm³/mol. The molecule has 2 N–H and O–H groups in total. The Kier molecular flexibility index (Phi) is 9.92. The first-order chi connectivity index (χ1) is 16.6. The zero-order valence-corrected chi connectivity index (χ0v) is 22.0. The number of aliphatic hydroxyl groups is 1. The highest BCUT2D eigenvalue weighted by atomic mass is 79.9. The highest BCUT2D eigenvalue weighted by Gasteiger charge is 2.18. The Hall–Kier alpha value is -2.65. The summed E-state index contributed by atoms with van der Waals surface area (Å²) >= 11 is 3.58. The standard InChI is InChI=1S/C26H28BrNO6.ClH/c1-30-20-6-3-17(4-7-20)14-28-15-18-11-21(27)26(25(12-18)31-2)34-16-22(29)19-5-8-23-24(13-19)33-10-9-32-23;/h3-8,11-13,22,28-29H,9-10,14-16H2,1-2H3;1H. The number of aliphatic hydroxyl groups excluding tert-OH is 1. The van der Waals surface area contributed by atoms with Crippen LogP contribution in [-0.4, -0.2) is 39.1 Å². The van der Waals surface area contributed by atoms with Gasteiger partial charge in [-0.25, -0.2) is 0 Å². The first-order valence-corrected chi connectivity index (χ1v) is 11.8. The minimum atomic E-state index is -0.835. The van der Waals surface area contributed by atoms with Crippen molar-refractivity contribution in [3.8, 4) is 28.7 Å². The molecule has 188 valence electrons. The Labute approximate surface area is 219 Å². The molecule has 0 bridgehead atoms. The summed E-state index contributed by atoms with van der Waals surface area (Å²) in [5, 5.41) is 14.1. The van der Waals surface area contributed by atoms with E-state index in [9.17, 15) is 5.11 Å². The molecule has 1 heterocycles. The molecule has 4 rings (SSSR count). The Morgan fingerprint density at radius 2 is 1.63 bits per heavy atom. The smallest absolute Gasteiger partial charge is 0.175 e. The maximum Gasteiger partial charge on any atom is 0.175 e. The number of nitrogens with one attached hydrogen (secondary N) is 1. The molecular weight excluding hydrogens is 538 g/mol. The van der Waals surface area contributed by atoms with E-state index in [0.717, 1.165) is 22.3 Å². The zero-order valence-electron chi connectivity index (χ0n) is 19.6. The number of methoxy groups -OCH3 is 2. The number of benzene rings is 3. The molecule has 1 atom stereocenters. The third-order valence-electron chi connectivity index (χ3n) is 5.44. The number of hydrogen-bond acceptors (Lipinski definition) is 7. The van der Waals surface area contributed by atoms with Gasteiger partial charge in [0.05, 0.1) is 18.7 Å². The summed E-state index contributed by atoms with van der Waals surface area (Å²) in [6.45, 7) is 2.46. The molecule has 3 aromatic rings. The lowest BCUT2D eigenvalue weighted by Crippen LogP contribution is -2.16. The SMILES string of the molecule is COc1ccc(CNCc2cc(Br)c(OCC(O)c3ccc4c(c3)OCCO4)c(OC)c2)cc1.Cl. The fourth-order valence-electron chi connectivity index (χ4n) is 3.64. The molecule has 7 nitrogen and oxygen atoms in total. The van der Waals surface area contributed by atoms with Crippen LogP contribution < -0.4 is 29.0 Å². The van der Waals surface area contributed by atoms with E-state index < -0.39 is 6.10 Å². The van der Waals surface area contributed by atoms with Crippen LogP contribution in [0, 0.1) is 0 Å². The number of fused-ring (bicyclic) bond motifs is 1. The molecule has 1 aliphatic rings. The van der Waals surface area contributed by atoms with Crippen LogP contribution in [0.25, 0.3) is 0 Å². The second kappa shape index (κ2) is 12.9. The van der Waals surface area contributed by atoms with Crippen LogP contribution in [0.15, 0.2) is 59.1 Å². The van der Waals surface area contributed by atoms with E-state index in [2.05, 4.69) is 21.2 Å². The molecule has 35 heavy (non-hydrogen) atoms. The largest absolute Gasteiger partial charge is 0.497 e. The van der Waals surface area contributed by atoms with E-state index in [-0.39, 0.29) is 19.0 Å². The van der Waals surface area contributed by atoms with Crippen LogP contribution in [0.3, 0.4) is 0 Å². The first kappa shape index (κ1) is 26.9. The molecule has 0 saturated heterocycles. The van der Waals surface area contributed by atoms with Crippen molar-refractivity contribution < 1.29 is 28.8 Å². The quantitative estimate of drug-likeness (QED) is 0.355. The molecule has 0 radical (unpaired) electrons. The van der Waals surface area contributed by atoms with Gasteiger partial charge < -0.3 is 34.1 Å². The van der Waals surface area contributed by atoms with Crippen LogP contribution in [0.1, 0.15) is 22.8 Å². The fraction of sp³-hybridized carbons (Fsp3) is 0.308. The predicted octanol–water partition coefficient (Wildman–Crippen LogP) is 5.06. The molecule has 9 heteroatoms. The van der Waals surface area contributed by atoms with Gasteiger partial charge >= 0.3 is 0 Å². The van der Waals surface area contributed by atoms with E-state index in [0.29, 0.717) is 48.3 Å². The van der Waals surface area contributed by atoms with Gasteiger partial charge in [0.2, 0.25) is 0 Å². The van der Waals surface area contributed by atoms with Crippen LogP contribution in [0.4, 0.5) is 0 Å². The number of ether oxygens (including phenoxy) is 5. The average Bonchev–Trinajstić information content (AvgIpc) is 2.87. The van der Waals surface area contributed by atoms with Gasteiger partial charge in [0.25, 0.3) is 0 Å². The Bertz CT molecular complexity index is 1110. The molecule has 0 amide bonds. The molecule has 1 unspecified atom stereocenters. The van der Waals surface area contributed by atoms with Crippen LogP contribution in [-0.2, 0) is 13.1 Å². The van der Waals surface area contributed by atoms with Crippen molar-refractivity contribution in [1.29, 1.82) is 0 Å². The number of rotatable bonds is 10. The molecule has 0 aliphatic carbocycles. The van der Waals surface area contributed by atoms with Crippen LogP contribution in [0.5, 0.6) is 28.7 Å². The molecular formula is C26H29BrClNO6. The zero-order chi connectivity index (χ0) is 23.9. The van der Waals surface area contributed by atoms with E-state index >= 15 is 0 Å². The van der Waals surface area contributed by atoms with Gasteiger partial charge in [0, 0.05) is 13.1 Å². The lowest BCUT2D eigenvalue weighted by atomic mass is 10.1. The Morgan fingerprint density at radius 1 is 0.914 bits per heavy atom. The summed E-state index contributed by atoms with van der Waals surface area (Å²) in [6, 6.07) is 17.3. The van der Waals surface area contributed by atoms with Crippen LogP contribution >= 0.6 is 28.3 Å². The number of hydrogen-bond donors (Lipinski definition) is 2. The van der Waals surface area contributed by atoms with E-state index in [1.165, 1.54) is 5.56 Å². The summed E-state index contributed by atoms with van der Waals surface area (Å²) in [5.74, 6) is 3.28. The minimum Gasteiger partial charge on any atom is -0.497 e. The molecule has 0 fully saturated rings. The Morgan fingerprint density at radius 3 is 2.34 bits per heavy atom. The monoisotopic (exact) mass is 565 g/mol. The Balaban J connectivity index is 0.00000342. The van der Waals surface area contributed by atoms with Crippen molar-refractivity contribution in [2.75, 3.05) is 34.0 Å². The molecule has 1 aliphatic heterocycles. The van der Waals surface area contributed by atoms with Crippen molar-refractivity contribution in [1.82, 2.24) is 5.32 Å². The van der Waals surface area contributed by atoms with Crippen molar-refractivity contribution >= 4 is 28.3 Å². The number of halogens is 2. The summed E-state index contributed by atoms with van der Waals surface area (Å²) in [7, 11) is 3.26. The molecule has 0 spiro atoms. The van der Waals surface area contributed by atoms with Crippen molar-refractivity contribution in [2.24, 2.45) is 0 Å². The van der Waals surface area contributed by atoms with E-state index in [4.69, 9.17) is 23.7 Å². The second-order valence-corrected chi connectivity index (χ2v) is 8.64. The second-order valence-electron chi connectivity index (χ2n) is 7.79. The third-order valence-corrected chi connectivity index (χ3v) is 6.03. The first-order valence-electron chi connectivity index (χ1n) is 11.0. The molecule has 0 aromatic heterocycles. The van der Waals surface area contributed by atoms with Gasteiger partial charge in [-0.2, -0.15) is 0 Å². The summed E-state index contributed by atoms with van der Waals surface area (Å²) in [6.07, 6.45) is -0.835. The maximum atomic E-state index is 10.7. The van der Waals surface area contributed by atoms with Crippen molar-refractivity contribution in [3.05, 3.63) is 75.8 Å². The molecule has 3 aromatic carbocycles. The maximum absolute atomic E-state index is 10.7. The lowest BCUT2D eigenvalue weighted by molar-refractivity contribution is 0.105. The van der Waals surface area contributed by atoms with Gasteiger partial charge in [-0.3, -0.25) is 0 Å². The third kappa shape index (κ3) is 6.95. The minimum absolute atomic E-state index is 0. The fourth-order valence-corrected chi connectivity index (χ4v) is 4.24.